The Bertz CT molecular complexity index is 1050. The van der Waals surface area contributed by atoms with Crippen LogP contribution in [0.25, 0.3) is 16.8 Å². The van der Waals surface area contributed by atoms with E-state index in [-0.39, 0.29) is 27.6 Å². The van der Waals surface area contributed by atoms with Crippen molar-refractivity contribution in [3.05, 3.63) is 46.6 Å². The fraction of sp³-hybridized carbons (Fsp3) is 0.263. The summed E-state index contributed by atoms with van der Waals surface area (Å²) in [5, 5.41) is 7.35. The standard InChI is InChI=1S/C19H17ClF4N4O3/c1-9(25-26-10(2)29)14-16(15-12(20)6-5-7-13(15)21)27-31-17(14)11(8-28(3)4)18(30)19(22,23)24/h5-8H,1-4H3,(H,26,29)/b11-8-,25-9+. The fourth-order valence-corrected chi connectivity index (χ4v) is 2.81. The molecule has 7 nitrogen and oxygen atoms in total. The van der Waals surface area contributed by atoms with Crippen LogP contribution in [0, 0.1) is 5.82 Å². The van der Waals surface area contributed by atoms with Gasteiger partial charge in [-0.2, -0.15) is 18.3 Å². The number of hydrogen-bond acceptors (Lipinski definition) is 6. The van der Waals surface area contributed by atoms with Crippen LogP contribution in [-0.2, 0) is 9.59 Å². The van der Waals surface area contributed by atoms with Gasteiger partial charge in [0.1, 0.15) is 11.5 Å². The first-order valence-corrected chi connectivity index (χ1v) is 8.97. The maximum atomic E-state index is 14.5. The van der Waals surface area contributed by atoms with Gasteiger partial charge in [0.15, 0.2) is 5.76 Å². The molecule has 1 amide bonds. The molecule has 0 spiro atoms. The van der Waals surface area contributed by atoms with Gasteiger partial charge in [-0.15, -0.1) is 0 Å². The number of Topliss-reactive ketones (excluding diaryl/α,β-unsaturated/α-hetero) is 1. The van der Waals surface area contributed by atoms with Gasteiger partial charge < -0.3 is 9.42 Å². The Morgan fingerprint density at radius 3 is 2.42 bits per heavy atom. The highest BCUT2D eigenvalue weighted by atomic mass is 35.5. The lowest BCUT2D eigenvalue weighted by atomic mass is 9.97. The van der Waals surface area contributed by atoms with Crippen molar-refractivity contribution < 1.29 is 31.7 Å². The van der Waals surface area contributed by atoms with E-state index in [1.807, 2.05) is 0 Å². The van der Waals surface area contributed by atoms with Gasteiger partial charge in [0, 0.05) is 27.2 Å². The molecule has 0 fully saturated rings. The number of hydrazone groups is 1. The van der Waals surface area contributed by atoms with Crippen molar-refractivity contribution in [3.63, 3.8) is 0 Å². The maximum Gasteiger partial charge on any atom is 0.455 e. The Balaban J connectivity index is 2.88. The number of nitrogens with zero attached hydrogens (tertiary/aromatic N) is 3. The molecule has 0 aliphatic heterocycles. The van der Waals surface area contributed by atoms with Crippen molar-refractivity contribution >= 4 is 34.6 Å². The van der Waals surface area contributed by atoms with E-state index < -0.39 is 35.0 Å². The zero-order valence-corrected chi connectivity index (χ0v) is 17.5. The molecule has 12 heteroatoms. The van der Waals surface area contributed by atoms with Gasteiger partial charge in [-0.1, -0.05) is 22.8 Å². The minimum atomic E-state index is -5.23. The van der Waals surface area contributed by atoms with Crippen molar-refractivity contribution in [1.82, 2.24) is 15.5 Å². The first-order valence-electron chi connectivity index (χ1n) is 8.60. The van der Waals surface area contributed by atoms with E-state index in [4.69, 9.17) is 16.1 Å². The lowest BCUT2D eigenvalue weighted by Crippen LogP contribution is -2.25. The normalized spacial score (nSPS) is 12.7. The smallest absolute Gasteiger partial charge is 0.383 e. The Kier molecular flexibility index (Phi) is 7.21. The van der Waals surface area contributed by atoms with Gasteiger partial charge in [0.25, 0.3) is 5.78 Å². The summed E-state index contributed by atoms with van der Waals surface area (Å²) in [6.07, 6.45) is -4.34. The quantitative estimate of drug-likeness (QED) is 0.304. The molecular weight excluding hydrogens is 444 g/mol. The number of carbonyl (C=O) groups is 2. The number of ketones is 1. The summed E-state index contributed by atoms with van der Waals surface area (Å²) in [4.78, 5) is 24.5. The number of rotatable bonds is 6. The van der Waals surface area contributed by atoms with Crippen LogP contribution in [0.5, 0.6) is 0 Å². The van der Waals surface area contributed by atoms with E-state index in [1.54, 1.807) is 0 Å². The lowest BCUT2D eigenvalue weighted by molar-refractivity contribution is -0.164. The number of allylic oxidation sites excluding steroid dienone is 1. The number of alkyl halides is 3. The van der Waals surface area contributed by atoms with Crippen LogP contribution in [0.4, 0.5) is 17.6 Å². The highest BCUT2D eigenvalue weighted by molar-refractivity contribution is 6.33. The number of hydrogen-bond donors (Lipinski definition) is 1. The van der Waals surface area contributed by atoms with Crippen molar-refractivity contribution in [3.8, 4) is 11.3 Å². The van der Waals surface area contributed by atoms with E-state index in [1.165, 1.54) is 38.1 Å². The lowest BCUT2D eigenvalue weighted by Gasteiger charge is -2.13. The molecule has 166 valence electrons. The molecule has 1 heterocycles. The molecule has 0 aliphatic rings. The summed E-state index contributed by atoms with van der Waals surface area (Å²) in [5.74, 6) is -4.23. The monoisotopic (exact) mass is 460 g/mol. The molecule has 1 aromatic heterocycles. The molecule has 0 radical (unpaired) electrons. The van der Waals surface area contributed by atoms with Gasteiger partial charge >= 0.3 is 6.18 Å². The summed E-state index contributed by atoms with van der Waals surface area (Å²) in [7, 11) is 2.79. The first-order chi connectivity index (χ1) is 14.3. The maximum absolute atomic E-state index is 14.5. The van der Waals surface area contributed by atoms with Crippen molar-refractivity contribution in [2.45, 2.75) is 20.0 Å². The Morgan fingerprint density at radius 1 is 1.26 bits per heavy atom. The minimum Gasteiger partial charge on any atom is -0.383 e. The number of nitrogens with one attached hydrogen (secondary N) is 1. The Morgan fingerprint density at radius 2 is 1.90 bits per heavy atom. The van der Waals surface area contributed by atoms with Crippen LogP contribution >= 0.6 is 11.6 Å². The molecule has 2 aromatic rings. The SMILES string of the molecule is CC(=O)N/N=C(\C)c1c(-c2c(F)cccc2Cl)noc1/C(=C/N(C)C)C(=O)C(F)(F)F. The number of carbonyl (C=O) groups excluding carboxylic acids is 2. The number of aromatic nitrogens is 1. The third-order valence-electron chi connectivity index (χ3n) is 3.77. The highest BCUT2D eigenvalue weighted by Gasteiger charge is 2.44. The minimum absolute atomic E-state index is 0.0969. The summed E-state index contributed by atoms with van der Waals surface area (Å²) in [6.45, 7) is 2.47. The summed E-state index contributed by atoms with van der Waals surface area (Å²) in [6, 6.07) is 3.73. The van der Waals surface area contributed by atoms with E-state index in [2.05, 4.69) is 15.7 Å². The van der Waals surface area contributed by atoms with E-state index in [0.717, 1.165) is 19.2 Å². The van der Waals surface area contributed by atoms with Gasteiger partial charge in [-0.3, -0.25) is 9.59 Å². The van der Waals surface area contributed by atoms with E-state index in [9.17, 15) is 27.2 Å². The average Bonchev–Trinajstić information content (AvgIpc) is 3.07. The molecule has 0 aliphatic carbocycles. The van der Waals surface area contributed by atoms with Crippen LogP contribution in [0.2, 0.25) is 5.02 Å². The predicted octanol–water partition coefficient (Wildman–Crippen LogP) is 4.03. The topological polar surface area (TPSA) is 87.8 Å². The van der Waals surface area contributed by atoms with Crippen LogP contribution in [0.3, 0.4) is 0 Å². The first kappa shape index (κ1) is 24.1. The zero-order valence-electron chi connectivity index (χ0n) is 16.8. The fourth-order valence-electron chi connectivity index (χ4n) is 2.55. The predicted molar refractivity (Wildman–Crippen MR) is 106 cm³/mol. The number of amides is 1. The Labute approximate surface area is 179 Å². The van der Waals surface area contributed by atoms with Crippen LogP contribution in [-0.4, -0.2) is 47.7 Å². The van der Waals surface area contributed by atoms with Gasteiger partial charge in [0.05, 0.1) is 27.4 Å². The summed E-state index contributed by atoms with van der Waals surface area (Å²) < 4.78 is 59.3. The second-order valence-corrected chi connectivity index (χ2v) is 6.94. The van der Waals surface area contributed by atoms with Crippen molar-refractivity contribution in [1.29, 1.82) is 0 Å². The summed E-state index contributed by atoms with van der Waals surface area (Å²) >= 11 is 6.08. The molecule has 1 N–H and O–H groups in total. The molecule has 0 saturated carbocycles. The molecule has 1 aromatic carbocycles. The van der Waals surface area contributed by atoms with Crippen molar-refractivity contribution in [2.75, 3.05) is 14.1 Å². The van der Waals surface area contributed by atoms with Gasteiger partial charge in [0.2, 0.25) is 5.91 Å². The largest absolute Gasteiger partial charge is 0.455 e. The second-order valence-electron chi connectivity index (χ2n) is 6.53. The Hall–Kier alpha value is -3.21. The molecular formula is C19H17ClF4N4O3. The third-order valence-corrected chi connectivity index (χ3v) is 4.08. The molecule has 0 bridgehead atoms. The molecule has 0 unspecified atom stereocenters. The van der Waals surface area contributed by atoms with Crippen LogP contribution in [0.1, 0.15) is 25.2 Å². The number of benzene rings is 1. The van der Waals surface area contributed by atoms with E-state index in [0.29, 0.717) is 0 Å². The van der Waals surface area contributed by atoms with E-state index >= 15 is 0 Å². The van der Waals surface area contributed by atoms with Crippen molar-refractivity contribution in [2.24, 2.45) is 5.10 Å². The van der Waals surface area contributed by atoms with Gasteiger partial charge in [-0.05, 0) is 19.1 Å². The average molecular weight is 461 g/mol. The molecule has 0 atom stereocenters. The second kappa shape index (κ2) is 9.29. The molecule has 31 heavy (non-hydrogen) atoms. The van der Waals surface area contributed by atoms with Gasteiger partial charge in [-0.25, -0.2) is 9.82 Å². The highest BCUT2D eigenvalue weighted by Crippen LogP contribution is 2.37. The van der Waals surface area contributed by atoms with Crippen LogP contribution in [0.15, 0.2) is 34.0 Å². The molecule has 0 saturated heterocycles. The molecule has 2 rings (SSSR count). The summed E-state index contributed by atoms with van der Waals surface area (Å²) in [5.41, 5.74) is 0.334. The number of halogens is 5. The van der Waals surface area contributed by atoms with Crippen LogP contribution < -0.4 is 5.43 Å². The third kappa shape index (κ3) is 5.48. The zero-order chi connectivity index (χ0) is 23.5.